The Balaban J connectivity index is 2.41. The molecule has 0 saturated heterocycles. The number of nitrogens with two attached hydrogens (primary N) is 1. The lowest BCUT2D eigenvalue weighted by Gasteiger charge is -2.12. The summed E-state index contributed by atoms with van der Waals surface area (Å²) in [6, 6.07) is 6.71. The normalized spacial score (nSPS) is 11.7. The standard InChI is InChI=1S/C11H9F3N2O/c12-11(13,14)6-17-10-7-3-1-2-4-9(7)16-5-8(10)15/h1-5H,6,15H2. The molecule has 0 atom stereocenters. The van der Waals surface area contributed by atoms with Crippen molar-refractivity contribution in [1.82, 2.24) is 4.98 Å². The lowest BCUT2D eigenvalue weighted by Crippen LogP contribution is -2.19. The first kappa shape index (κ1) is 11.5. The van der Waals surface area contributed by atoms with Gasteiger partial charge in [0, 0.05) is 5.39 Å². The first-order valence-electron chi connectivity index (χ1n) is 4.80. The number of fused-ring (bicyclic) bond motifs is 1. The van der Waals surface area contributed by atoms with Crippen LogP contribution in [-0.2, 0) is 0 Å². The molecule has 0 aliphatic heterocycles. The molecule has 0 amide bonds. The topological polar surface area (TPSA) is 48.1 Å². The van der Waals surface area contributed by atoms with Crippen LogP contribution in [0.1, 0.15) is 0 Å². The predicted octanol–water partition coefficient (Wildman–Crippen LogP) is 2.76. The van der Waals surface area contributed by atoms with Gasteiger partial charge in [-0.3, -0.25) is 4.98 Å². The fourth-order valence-electron chi connectivity index (χ4n) is 1.45. The van der Waals surface area contributed by atoms with Crippen molar-refractivity contribution in [2.24, 2.45) is 0 Å². The second-order valence-corrected chi connectivity index (χ2v) is 3.46. The number of alkyl halides is 3. The number of benzene rings is 1. The highest BCUT2D eigenvalue weighted by atomic mass is 19.4. The Morgan fingerprint density at radius 3 is 2.65 bits per heavy atom. The van der Waals surface area contributed by atoms with E-state index in [2.05, 4.69) is 4.98 Å². The van der Waals surface area contributed by atoms with Gasteiger partial charge in [0.25, 0.3) is 0 Å². The molecule has 0 saturated carbocycles. The number of anilines is 1. The third-order valence-electron chi connectivity index (χ3n) is 2.13. The van der Waals surface area contributed by atoms with E-state index in [0.717, 1.165) is 0 Å². The van der Waals surface area contributed by atoms with Crippen molar-refractivity contribution in [2.75, 3.05) is 12.3 Å². The summed E-state index contributed by atoms with van der Waals surface area (Å²) < 4.78 is 41.0. The minimum absolute atomic E-state index is 0.0212. The third-order valence-corrected chi connectivity index (χ3v) is 2.13. The molecule has 2 rings (SSSR count). The molecule has 90 valence electrons. The highest BCUT2D eigenvalue weighted by Crippen LogP contribution is 2.31. The summed E-state index contributed by atoms with van der Waals surface area (Å²) in [6.45, 7) is -1.37. The van der Waals surface area contributed by atoms with Crippen molar-refractivity contribution in [2.45, 2.75) is 6.18 Å². The zero-order valence-corrected chi connectivity index (χ0v) is 8.66. The molecule has 0 unspecified atom stereocenters. The van der Waals surface area contributed by atoms with Crippen LogP contribution in [0, 0.1) is 0 Å². The molecule has 2 N–H and O–H groups in total. The molecule has 0 radical (unpaired) electrons. The van der Waals surface area contributed by atoms with E-state index in [1.807, 2.05) is 0 Å². The maximum atomic E-state index is 12.1. The molecule has 1 aromatic heterocycles. The van der Waals surface area contributed by atoms with E-state index < -0.39 is 12.8 Å². The van der Waals surface area contributed by atoms with Gasteiger partial charge in [0.1, 0.15) is 0 Å². The monoisotopic (exact) mass is 242 g/mol. The zero-order chi connectivity index (χ0) is 12.5. The maximum absolute atomic E-state index is 12.1. The second kappa shape index (κ2) is 4.12. The highest BCUT2D eigenvalue weighted by molar-refractivity contribution is 5.89. The third kappa shape index (κ3) is 2.58. The Hall–Kier alpha value is -1.98. The van der Waals surface area contributed by atoms with Crippen molar-refractivity contribution >= 4 is 16.6 Å². The Bertz CT molecular complexity index is 540. The molecule has 6 heteroatoms. The van der Waals surface area contributed by atoms with Gasteiger partial charge < -0.3 is 10.5 Å². The molecule has 0 aliphatic carbocycles. The molecule has 0 fully saturated rings. The average Bonchev–Trinajstić information content (AvgIpc) is 2.26. The second-order valence-electron chi connectivity index (χ2n) is 3.46. The number of para-hydroxylation sites is 1. The van der Waals surface area contributed by atoms with Crippen molar-refractivity contribution < 1.29 is 17.9 Å². The summed E-state index contributed by atoms with van der Waals surface area (Å²) >= 11 is 0. The van der Waals surface area contributed by atoms with Gasteiger partial charge in [0.2, 0.25) is 0 Å². The average molecular weight is 242 g/mol. The predicted molar refractivity (Wildman–Crippen MR) is 57.7 cm³/mol. The van der Waals surface area contributed by atoms with Crippen molar-refractivity contribution in [1.29, 1.82) is 0 Å². The van der Waals surface area contributed by atoms with Crippen molar-refractivity contribution in [3.63, 3.8) is 0 Å². The number of nitrogens with zero attached hydrogens (tertiary/aromatic N) is 1. The minimum atomic E-state index is -4.39. The number of pyridine rings is 1. The number of hydrogen-bond donors (Lipinski definition) is 1. The number of rotatable bonds is 2. The van der Waals surface area contributed by atoms with E-state index in [4.69, 9.17) is 10.5 Å². The highest BCUT2D eigenvalue weighted by Gasteiger charge is 2.29. The van der Waals surface area contributed by atoms with Crippen LogP contribution in [0.3, 0.4) is 0 Å². The zero-order valence-electron chi connectivity index (χ0n) is 8.66. The van der Waals surface area contributed by atoms with Gasteiger partial charge >= 0.3 is 6.18 Å². The Morgan fingerprint density at radius 1 is 1.24 bits per heavy atom. The number of ether oxygens (including phenoxy) is 1. The Kier molecular flexibility index (Phi) is 2.79. The Morgan fingerprint density at radius 2 is 1.94 bits per heavy atom. The van der Waals surface area contributed by atoms with E-state index in [9.17, 15) is 13.2 Å². The summed E-state index contributed by atoms with van der Waals surface area (Å²) in [7, 11) is 0. The van der Waals surface area contributed by atoms with E-state index in [1.54, 1.807) is 24.3 Å². The van der Waals surface area contributed by atoms with Crippen LogP contribution in [0.2, 0.25) is 0 Å². The van der Waals surface area contributed by atoms with Gasteiger partial charge in [-0.05, 0) is 12.1 Å². The van der Waals surface area contributed by atoms with Gasteiger partial charge in [0.15, 0.2) is 12.4 Å². The van der Waals surface area contributed by atoms with Crippen LogP contribution in [0.4, 0.5) is 18.9 Å². The first-order valence-corrected chi connectivity index (χ1v) is 4.80. The molecule has 3 nitrogen and oxygen atoms in total. The summed E-state index contributed by atoms with van der Waals surface area (Å²) in [6.07, 6.45) is -3.11. The van der Waals surface area contributed by atoms with Crippen LogP contribution in [0.5, 0.6) is 5.75 Å². The first-order chi connectivity index (χ1) is 7.97. The summed E-state index contributed by atoms with van der Waals surface area (Å²) in [5, 5.41) is 0.469. The number of halogens is 3. The molecule has 0 aliphatic rings. The Labute approximate surface area is 95.0 Å². The van der Waals surface area contributed by atoms with Crippen molar-refractivity contribution in [3.8, 4) is 5.75 Å². The summed E-state index contributed by atoms with van der Waals surface area (Å²) in [5.74, 6) is 0.0212. The lowest BCUT2D eigenvalue weighted by molar-refractivity contribution is -0.153. The molecule has 0 spiro atoms. The van der Waals surface area contributed by atoms with Crippen molar-refractivity contribution in [3.05, 3.63) is 30.5 Å². The number of hydrogen-bond acceptors (Lipinski definition) is 3. The summed E-state index contributed by atoms with van der Waals surface area (Å²) in [4.78, 5) is 4.00. The fourth-order valence-corrected chi connectivity index (χ4v) is 1.45. The van der Waals surface area contributed by atoms with E-state index in [0.29, 0.717) is 10.9 Å². The number of nitrogen functional groups attached to an aromatic ring is 1. The largest absolute Gasteiger partial charge is 0.481 e. The molecular weight excluding hydrogens is 233 g/mol. The molecule has 17 heavy (non-hydrogen) atoms. The van der Waals surface area contributed by atoms with E-state index in [-0.39, 0.29) is 11.4 Å². The fraction of sp³-hybridized carbons (Fsp3) is 0.182. The van der Waals surface area contributed by atoms with Crippen LogP contribution in [0.15, 0.2) is 30.5 Å². The molecule has 0 bridgehead atoms. The van der Waals surface area contributed by atoms with Gasteiger partial charge in [0.05, 0.1) is 17.4 Å². The van der Waals surface area contributed by atoms with Crippen LogP contribution >= 0.6 is 0 Å². The molecule has 2 aromatic rings. The van der Waals surface area contributed by atoms with Crippen LogP contribution < -0.4 is 10.5 Å². The van der Waals surface area contributed by atoms with Gasteiger partial charge in [-0.2, -0.15) is 13.2 Å². The minimum Gasteiger partial charge on any atom is -0.481 e. The van der Waals surface area contributed by atoms with E-state index >= 15 is 0 Å². The van der Waals surface area contributed by atoms with Crippen LogP contribution in [-0.4, -0.2) is 17.8 Å². The maximum Gasteiger partial charge on any atom is 0.422 e. The van der Waals surface area contributed by atoms with Gasteiger partial charge in [-0.25, -0.2) is 0 Å². The molecule has 1 heterocycles. The van der Waals surface area contributed by atoms with E-state index in [1.165, 1.54) is 6.20 Å². The van der Waals surface area contributed by atoms with Gasteiger partial charge in [-0.1, -0.05) is 12.1 Å². The van der Waals surface area contributed by atoms with Gasteiger partial charge in [-0.15, -0.1) is 0 Å². The SMILES string of the molecule is Nc1cnc2ccccc2c1OCC(F)(F)F. The lowest BCUT2D eigenvalue weighted by atomic mass is 10.2. The quantitative estimate of drug-likeness (QED) is 0.880. The smallest absolute Gasteiger partial charge is 0.422 e. The molecule has 1 aromatic carbocycles. The number of aromatic nitrogens is 1. The van der Waals surface area contributed by atoms with Crippen LogP contribution in [0.25, 0.3) is 10.9 Å². The molecular formula is C11H9F3N2O. The summed E-state index contributed by atoms with van der Waals surface area (Å²) in [5.41, 5.74) is 6.19.